The molecule has 0 bridgehead atoms. The molecule has 0 atom stereocenters. The number of benzene rings is 2. The van der Waals surface area contributed by atoms with Crippen LogP contribution < -0.4 is 5.32 Å². The number of hydrogen-bond donors (Lipinski definition) is 1. The monoisotopic (exact) mass is 217 g/mol. The van der Waals surface area contributed by atoms with Crippen molar-refractivity contribution in [1.29, 1.82) is 0 Å². The van der Waals surface area contributed by atoms with Gasteiger partial charge < -0.3 is 5.32 Å². The molecule has 0 heterocycles. The van der Waals surface area contributed by atoms with E-state index in [0.29, 0.717) is 0 Å². The van der Waals surface area contributed by atoms with Gasteiger partial charge in [-0.1, -0.05) is 30.3 Å². The fourth-order valence-corrected chi connectivity index (χ4v) is 1.90. The van der Waals surface area contributed by atoms with Crippen molar-refractivity contribution in [2.45, 2.75) is 0 Å². The van der Waals surface area contributed by atoms with Crippen LogP contribution in [0, 0.1) is 0 Å². The van der Waals surface area contributed by atoms with Gasteiger partial charge in [0.1, 0.15) is 0 Å². The van der Waals surface area contributed by atoms with Crippen LogP contribution in [0.15, 0.2) is 42.5 Å². The number of rotatable bonds is 4. The Morgan fingerprint density at radius 3 is 2.67 bits per heavy atom. The molecule has 0 aliphatic heterocycles. The van der Waals surface area contributed by atoms with E-state index in [2.05, 4.69) is 54.0 Å². The summed E-state index contributed by atoms with van der Waals surface area (Å²) < 4.78 is 0. The van der Waals surface area contributed by atoms with Gasteiger partial charge in [0, 0.05) is 18.0 Å². The van der Waals surface area contributed by atoms with Gasteiger partial charge in [0.25, 0.3) is 0 Å². The second kappa shape index (κ2) is 5.08. The molecule has 1 N–H and O–H groups in total. The van der Waals surface area contributed by atoms with Gasteiger partial charge in [0.2, 0.25) is 0 Å². The Hall–Kier alpha value is -1.15. The van der Waals surface area contributed by atoms with E-state index < -0.39 is 0 Å². The van der Waals surface area contributed by atoms with E-state index >= 15 is 0 Å². The summed E-state index contributed by atoms with van der Waals surface area (Å²) in [6.45, 7) is 1.03. The third-order valence-electron chi connectivity index (χ3n) is 2.38. The highest BCUT2D eigenvalue weighted by atomic mass is 32.2. The van der Waals surface area contributed by atoms with E-state index in [-0.39, 0.29) is 0 Å². The topological polar surface area (TPSA) is 12.0 Å². The molecule has 2 aromatic carbocycles. The zero-order valence-electron chi connectivity index (χ0n) is 8.86. The van der Waals surface area contributed by atoms with Crippen molar-refractivity contribution in [2.24, 2.45) is 0 Å². The summed E-state index contributed by atoms with van der Waals surface area (Å²) in [6, 6.07) is 14.9. The number of nitrogens with one attached hydrogen (secondary N) is 1. The fraction of sp³-hybridized carbons (Fsp3) is 0.231. The van der Waals surface area contributed by atoms with E-state index in [1.807, 2.05) is 11.8 Å². The Balaban J connectivity index is 2.16. The largest absolute Gasteiger partial charge is 0.384 e. The highest BCUT2D eigenvalue weighted by Crippen LogP contribution is 2.18. The molecule has 0 aromatic heterocycles. The molecule has 0 saturated heterocycles. The molecule has 2 aromatic rings. The van der Waals surface area contributed by atoms with Gasteiger partial charge >= 0.3 is 0 Å². The lowest BCUT2D eigenvalue weighted by Crippen LogP contribution is -2.03. The molecule has 2 heteroatoms. The summed E-state index contributed by atoms with van der Waals surface area (Å²) in [6.07, 6.45) is 2.13. The molecule has 78 valence electrons. The first-order chi connectivity index (χ1) is 7.40. The first-order valence-electron chi connectivity index (χ1n) is 5.12. The van der Waals surface area contributed by atoms with Crippen LogP contribution in [0.2, 0.25) is 0 Å². The number of fused-ring (bicyclic) bond motifs is 1. The van der Waals surface area contributed by atoms with E-state index in [1.165, 1.54) is 16.5 Å². The molecule has 0 unspecified atom stereocenters. The van der Waals surface area contributed by atoms with Crippen LogP contribution in [0.3, 0.4) is 0 Å². The predicted octanol–water partition coefficient (Wildman–Crippen LogP) is 3.61. The summed E-state index contributed by atoms with van der Waals surface area (Å²) in [4.78, 5) is 0. The second-order valence-electron chi connectivity index (χ2n) is 3.48. The van der Waals surface area contributed by atoms with Crippen molar-refractivity contribution in [2.75, 3.05) is 23.9 Å². The highest BCUT2D eigenvalue weighted by Gasteiger charge is 1.94. The smallest absolute Gasteiger partial charge is 0.0346 e. The first-order valence-corrected chi connectivity index (χ1v) is 6.51. The zero-order chi connectivity index (χ0) is 10.5. The normalized spacial score (nSPS) is 10.5. The van der Waals surface area contributed by atoms with Crippen LogP contribution in [0.25, 0.3) is 10.8 Å². The van der Waals surface area contributed by atoms with Crippen molar-refractivity contribution < 1.29 is 0 Å². The van der Waals surface area contributed by atoms with Gasteiger partial charge in [-0.2, -0.15) is 11.8 Å². The molecule has 0 radical (unpaired) electrons. The lowest BCUT2D eigenvalue weighted by atomic mass is 10.1. The van der Waals surface area contributed by atoms with Gasteiger partial charge in [0.15, 0.2) is 0 Å². The van der Waals surface area contributed by atoms with Gasteiger partial charge in [-0.25, -0.2) is 0 Å². The zero-order valence-corrected chi connectivity index (χ0v) is 9.68. The third kappa shape index (κ3) is 2.66. The Morgan fingerprint density at radius 1 is 1.07 bits per heavy atom. The van der Waals surface area contributed by atoms with E-state index in [0.717, 1.165) is 12.3 Å². The van der Waals surface area contributed by atoms with Crippen molar-refractivity contribution in [3.8, 4) is 0 Å². The van der Waals surface area contributed by atoms with Gasteiger partial charge in [0.05, 0.1) is 0 Å². The predicted molar refractivity (Wildman–Crippen MR) is 70.8 cm³/mol. The van der Waals surface area contributed by atoms with E-state index in [9.17, 15) is 0 Å². The molecule has 2 rings (SSSR count). The van der Waals surface area contributed by atoms with Crippen LogP contribution in [-0.2, 0) is 0 Å². The minimum Gasteiger partial charge on any atom is -0.384 e. The molecule has 0 aliphatic rings. The summed E-state index contributed by atoms with van der Waals surface area (Å²) >= 11 is 1.86. The number of thioether (sulfide) groups is 1. The summed E-state index contributed by atoms with van der Waals surface area (Å²) in [5.41, 5.74) is 1.21. The lowest BCUT2D eigenvalue weighted by Gasteiger charge is -2.06. The molecule has 1 nitrogen and oxygen atoms in total. The minimum atomic E-state index is 1.03. The van der Waals surface area contributed by atoms with Crippen LogP contribution in [0.1, 0.15) is 0 Å². The number of anilines is 1. The maximum Gasteiger partial charge on any atom is 0.0346 e. The van der Waals surface area contributed by atoms with Crippen molar-refractivity contribution in [3.63, 3.8) is 0 Å². The minimum absolute atomic E-state index is 1.03. The van der Waals surface area contributed by atoms with Crippen LogP contribution >= 0.6 is 11.8 Å². The average molecular weight is 217 g/mol. The van der Waals surface area contributed by atoms with Crippen molar-refractivity contribution in [1.82, 2.24) is 0 Å². The Labute approximate surface area is 94.9 Å². The Bertz CT molecular complexity index is 439. The van der Waals surface area contributed by atoms with Gasteiger partial charge in [-0.05, 0) is 29.2 Å². The fourth-order valence-electron chi connectivity index (χ4n) is 1.60. The quantitative estimate of drug-likeness (QED) is 0.785. The first kappa shape index (κ1) is 10.4. The summed E-state index contributed by atoms with van der Waals surface area (Å²) in [5, 5.41) is 6.01. The molecule has 0 aliphatic carbocycles. The maximum atomic E-state index is 3.42. The lowest BCUT2D eigenvalue weighted by molar-refractivity contribution is 1.23. The van der Waals surface area contributed by atoms with Crippen molar-refractivity contribution in [3.05, 3.63) is 42.5 Å². The van der Waals surface area contributed by atoms with Crippen LogP contribution in [0.4, 0.5) is 5.69 Å². The molecular weight excluding hydrogens is 202 g/mol. The molecule has 15 heavy (non-hydrogen) atoms. The van der Waals surface area contributed by atoms with E-state index in [4.69, 9.17) is 0 Å². The van der Waals surface area contributed by atoms with E-state index in [1.54, 1.807) is 0 Å². The van der Waals surface area contributed by atoms with Crippen molar-refractivity contribution >= 4 is 28.2 Å². The van der Waals surface area contributed by atoms with Crippen LogP contribution in [0.5, 0.6) is 0 Å². The average Bonchev–Trinajstić information content (AvgIpc) is 2.29. The SMILES string of the molecule is CSCCNc1ccc2ccccc2c1. The standard InChI is InChI=1S/C13H15NS/c1-15-9-8-14-13-7-6-11-4-2-3-5-12(11)10-13/h2-7,10,14H,8-9H2,1H3. The summed E-state index contributed by atoms with van der Waals surface area (Å²) in [5.74, 6) is 1.15. The van der Waals surface area contributed by atoms with Crippen LogP contribution in [-0.4, -0.2) is 18.6 Å². The Kier molecular flexibility index (Phi) is 3.51. The molecule has 0 fully saturated rings. The molecule has 0 saturated carbocycles. The van der Waals surface area contributed by atoms with Gasteiger partial charge in [-0.3, -0.25) is 0 Å². The Morgan fingerprint density at radius 2 is 1.87 bits per heavy atom. The summed E-state index contributed by atoms with van der Waals surface area (Å²) in [7, 11) is 0. The highest BCUT2D eigenvalue weighted by molar-refractivity contribution is 7.98. The molecule has 0 spiro atoms. The molecular formula is C13H15NS. The maximum absolute atomic E-state index is 3.42. The number of hydrogen-bond acceptors (Lipinski definition) is 2. The van der Waals surface area contributed by atoms with Gasteiger partial charge in [-0.15, -0.1) is 0 Å². The third-order valence-corrected chi connectivity index (χ3v) is 3.00. The molecule has 0 amide bonds. The second-order valence-corrected chi connectivity index (χ2v) is 4.47.